The smallest absolute Gasteiger partial charge is 0.332 e. The van der Waals surface area contributed by atoms with Crippen molar-refractivity contribution in [1.82, 2.24) is 0 Å². The zero-order valence-electron chi connectivity index (χ0n) is 7.14. The van der Waals surface area contributed by atoms with E-state index < -0.39 is 18.4 Å². The van der Waals surface area contributed by atoms with Gasteiger partial charge in [-0.2, -0.15) is 0 Å². The van der Waals surface area contributed by atoms with Gasteiger partial charge < -0.3 is 10.2 Å². The van der Waals surface area contributed by atoms with Crippen LogP contribution in [0.15, 0.2) is 23.1 Å². The van der Waals surface area contributed by atoms with E-state index in [2.05, 4.69) is 0 Å². The van der Waals surface area contributed by atoms with Crippen LogP contribution in [0.5, 0.6) is 0 Å². The van der Waals surface area contributed by atoms with Crippen molar-refractivity contribution < 1.29 is 19.8 Å². The maximum Gasteiger partial charge on any atom is 0.332 e. The monoisotopic (exact) mass is 212 g/mol. The van der Waals surface area contributed by atoms with Crippen LogP contribution in [0.25, 0.3) is 6.08 Å². The topological polar surface area (TPSA) is 74.6 Å². The molecule has 0 aliphatic heterocycles. The first-order valence-electron chi connectivity index (χ1n) is 3.79. The third-order valence-corrected chi connectivity index (χ3v) is 2.30. The van der Waals surface area contributed by atoms with E-state index in [9.17, 15) is 9.59 Å². The molecule has 0 aliphatic rings. The molecule has 0 aliphatic carbocycles. The van der Waals surface area contributed by atoms with Gasteiger partial charge in [0.05, 0.1) is 6.42 Å². The summed E-state index contributed by atoms with van der Waals surface area (Å²) in [6.45, 7) is 0. The summed E-state index contributed by atoms with van der Waals surface area (Å²) in [7, 11) is 0. The highest BCUT2D eigenvalue weighted by Crippen LogP contribution is 2.15. The Bertz CT molecular complexity index is 364. The molecule has 1 rings (SSSR count). The van der Waals surface area contributed by atoms with Crippen LogP contribution in [-0.2, 0) is 9.59 Å². The number of hydrogen-bond acceptors (Lipinski definition) is 3. The maximum atomic E-state index is 10.6. The molecule has 74 valence electrons. The van der Waals surface area contributed by atoms with Gasteiger partial charge in [-0.25, -0.2) is 4.79 Å². The molecular weight excluding hydrogens is 204 g/mol. The van der Waals surface area contributed by atoms with E-state index in [1.165, 1.54) is 17.4 Å². The van der Waals surface area contributed by atoms with Crippen molar-refractivity contribution in [2.24, 2.45) is 0 Å². The molecular formula is C9H8O4S. The van der Waals surface area contributed by atoms with Gasteiger partial charge in [0.1, 0.15) is 0 Å². The lowest BCUT2D eigenvalue weighted by atomic mass is 10.1. The van der Waals surface area contributed by atoms with Crippen LogP contribution in [-0.4, -0.2) is 22.2 Å². The third kappa shape index (κ3) is 3.02. The molecule has 14 heavy (non-hydrogen) atoms. The first-order chi connectivity index (χ1) is 6.59. The lowest BCUT2D eigenvalue weighted by molar-refractivity contribution is -0.139. The molecule has 0 spiro atoms. The molecule has 4 nitrogen and oxygen atoms in total. The van der Waals surface area contributed by atoms with E-state index in [1.807, 2.05) is 0 Å². The highest BCUT2D eigenvalue weighted by molar-refractivity contribution is 7.10. The van der Waals surface area contributed by atoms with E-state index in [4.69, 9.17) is 10.2 Å². The Hall–Kier alpha value is -1.62. The number of carboxylic acids is 2. The van der Waals surface area contributed by atoms with E-state index >= 15 is 0 Å². The zero-order chi connectivity index (χ0) is 10.6. The first-order valence-corrected chi connectivity index (χ1v) is 4.66. The largest absolute Gasteiger partial charge is 0.481 e. The van der Waals surface area contributed by atoms with Gasteiger partial charge in [0.25, 0.3) is 0 Å². The molecule has 1 aromatic rings. The number of carbonyl (C=O) groups is 2. The first kappa shape index (κ1) is 10.5. The molecule has 0 aromatic carbocycles. The van der Waals surface area contributed by atoms with Crippen LogP contribution >= 0.6 is 11.3 Å². The lowest BCUT2D eigenvalue weighted by Gasteiger charge is -1.96. The number of rotatable bonds is 4. The summed E-state index contributed by atoms with van der Waals surface area (Å²) in [6.07, 6.45) is 0.911. The van der Waals surface area contributed by atoms with Gasteiger partial charge in [-0.1, -0.05) is 6.07 Å². The molecule has 0 atom stereocenters. The Kier molecular flexibility index (Phi) is 3.41. The molecule has 1 aromatic heterocycles. The van der Waals surface area contributed by atoms with Gasteiger partial charge in [-0.3, -0.25) is 4.79 Å². The minimum Gasteiger partial charge on any atom is -0.481 e. The van der Waals surface area contributed by atoms with Gasteiger partial charge in [0, 0.05) is 10.5 Å². The molecule has 1 heterocycles. The Morgan fingerprint density at radius 2 is 2.14 bits per heavy atom. The standard InChI is InChI=1S/C9H8O4S/c10-8(11)5-6(9(12)13)4-7-2-1-3-14-7/h1-4H,5H2,(H,10,11)(H,12,13)/b6-4-. The van der Waals surface area contributed by atoms with Crippen LogP contribution in [0.1, 0.15) is 11.3 Å². The van der Waals surface area contributed by atoms with E-state index in [0.29, 0.717) is 0 Å². The molecule has 2 N–H and O–H groups in total. The molecule has 0 fully saturated rings. The minimum absolute atomic E-state index is 0.111. The summed E-state index contributed by atoms with van der Waals surface area (Å²) in [4.78, 5) is 21.7. The predicted octanol–water partition coefficient (Wildman–Crippen LogP) is 1.69. The van der Waals surface area contributed by atoms with Crippen molar-refractivity contribution in [3.8, 4) is 0 Å². The molecule has 0 unspecified atom stereocenters. The van der Waals surface area contributed by atoms with Gasteiger partial charge in [-0.15, -0.1) is 11.3 Å². The summed E-state index contributed by atoms with van der Waals surface area (Å²) < 4.78 is 0. The summed E-state index contributed by atoms with van der Waals surface area (Å²) >= 11 is 1.36. The molecule has 0 saturated carbocycles. The fraction of sp³-hybridized carbons (Fsp3) is 0.111. The van der Waals surface area contributed by atoms with Crippen molar-refractivity contribution in [2.75, 3.05) is 0 Å². The van der Waals surface area contributed by atoms with Gasteiger partial charge >= 0.3 is 11.9 Å². The van der Waals surface area contributed by atoms with Crippen LogP contribution < -0.4 is 0 Å². The zero-order valence-corrected chi connectivity index (χ0v) is 7.95. The second-order valence-corrected chi connectivity index (χ2v) is 3.54. The van der Waals surface area contributed by atoms with E-state index in [-0.39, 0.29) is 5.57 Å². The summed E-state index contributed by atoms with van der Waals surface area (Å²) in [5.41, 5.74) is -0.111. The lowest BCUT2D eigenvalue weighted by Crippen LogP contribution is -2.06. The normalized spacial score (nSPS) is 11.3. The van der Waals surface area contributed by atoms with E-state index in [1.54, 1.807) is 17.5 Å². The number of carboxylic acid groups (broad SMARTS) is 2. The highest BCUT2D eigenvalue weighted by atomic mass is 32.1. The third-order valence-electron chi connectivity index (χ3n) is 1.48. The van der Waals surface area contributed by atoms with Crippen molar-refractivity contribution >= 4 is 29.4 Å². The molecule has 5 heteroatoms. The Morgan fingerprint density at radius 3 is 2.57 bits per heavy atom. The summed E-state index contributed by atoms with van der Waals surface area (Å²) in [5, 5.41) is 19.0. The van der Waals surface area contributed by atoms with Crippen molar-refractivity contribution in [2.45, 2.75) is 6.42 Å². The van der Waals surface area contributed by atoms with Gasteiger partial charge in [0.2, 0.25) is 0 Å². The maximum absolute atomic E-state index is 10.6. The van der Waals surface area contributed by atoms with E-state index in [0.717, 1.165) is 4.88 Å². The summed E-state index contributed by atoms with van der Waals surface area (Å²) in [5.74, 6) is -2.34. The Morgan fingerprint density at radius 1 is 1.43 bits per heavy atom. The van der Waals surface area contributed by atoms with Crippen molar-refractivity contribution in [1.29, 1.82) is 0 Å². The van der Waals surface area contributed by atoms with Crippen molar-refractivity contribution in [3.63, 3.8) is 0 Å². The SMILES string of the molecule is O=C(O)C/C(=C/c1cccs1)C(=O)O. The second-order valence-electron chi connectivity index (χ2n) is 2.56. The molecule has 0 bridgehead atoms. The van der Waals surface area contributed by atoms with Crippen LogP contribution in [0.2, 0.25) is 0 Å². The van der Waals surface area contributed by atoms with Crippen LogP contribution in [0, 0.1) is 0 Å². The average molecular weight is 212 g/mol. The van der Waals surface area contributed by atoms with Crippen molar-refractivity contribution in [3.05, 3.63) is 28.0 Å². The minimum atomic E-state index is -1.19. The molecule has 0 saturated heterocycles. The number of aliphatic carboxylic acids is 2. The van der Waals surface area contributed by atoms with Gasteiger partial charge in [0.15, 0.2) is 0 Å². The Labute approximate surface area is 84.1 Å². The molecule has 0 amide bonds. The number of hydrogen-bond donors (Lipinski definition) is 2. The predicted molar refractivity (Wildman–Crippen MR) is 52.2 cm³/mol. The average Bonchev–Trinajstić information content (AvgIpc) is 2.54. The molecule has 0 radical (unpaired) electrons. The quantitative estimate of drug-likeness (QED) is 0.745. The second kappa shape index (κ2) is 4.57. The Balaban J connectivity index is 2.88. The van der Waals surface area contributed by atoms with Crippen LogP contribution in [0.4, 0.5) is 0 Å². The fourth-order valence-electron chi connectivity index (χ4n) is 0.896. The summed E-state index contributed by atoms with van der Waals surface area (Å²) in [6, 6.07) is 3.51. The van der Waals surface area contributed by atoms with Gasteiger partial charge in [-0.05, 0) is 17.5 Å². The number of thiophene rings is 1. The van der Waals surface area contributed by atoms with Crippen LogP contribution in [0.3, 0.4) is 0 Å². The fourth-order valence-corrected chi connectivity index (χ4v) is 1.58. The highest BCUT2D eigenvalue weighted by Gasteiger charge is 2.11.